The molecule has 2 fully saturated rings. The Morgan fingerprint density at radius 2 is 2.00 bits per heavy atom. The zero-order valence-electron chi connectivity index (χ0n) is 9.62. The van der Waals surface area contributed by atoms with Gasteiger partial charge in [0.25, 0.3) is 0 Å². The van der Waals surface area contributed by atoms with E-state index in [1.54, 1.807) is 0 Å². The fourth-order valence-electron chi connectivity index (χ4n) is 2.78. The number of hydrogen-bond donors (Lipinski definition) is 1. The largest absolute Gasteiger partial charge is 0.316 e. The quantitative estimate of drug-likeness (QED) is 0.847. The lowest BCUT2D eigenvalue weighted by atomic mass is 9.64. The van der Waals surface area contributed by atoms with Gasteiger partial charge in [0.05, 0.1) is 15.2 Å². The van der Waals surface area contributed by atoms with Gasteiger partial charge in [0, 0.05) is 13.1 Å². The Kier molecular flexibility index (Phi) is 2.70. The molecule has 0 aromatic heterocycles. The minimum absolute atomic E-state index is 0.0253. The van der Waals surface area contributed by atoms with Gasteiger partial charge < -0.3 is 5.32 Å². The molecule has 0 radical (unpaired) electrons. The van der Waals surface area contributed by atoms with Crippen LogP contribution in [0.1, 0.15) is 12.8 Å². The fraction of sp³-hybridized carbons (Fsp3) is 0.500. The Balaban J connectivity index is 1.86. The highest BCUT2D eigenvalue weighted by atomic mass is 35.5. The van der Waals surface area contributed by atoms with Crippen molar-refractivity contribution < 1.29 is 12.8 Å². The molecule has 3 rings (SSSR count). The second kappa shape index (κ2) is 3.92. The van der Waals surface area contributed by atoms with Crippen molar-refractivity contribution in [3.63, 3.8) is 0 Å². The van der Waals surface area contributed by atoms with Crippen LogP contribution in [0.3, 0.4) is 0 Å². The number of halogens is 2. The second-order valence-electron chi connectivity index (χ2n) is 5.25. The van der Waals surface area contributed by atoms with Crippen LogP contribution in [0.4, 0.5) is 4.39 Å². The van der Waals surface area contributed by atoms with Crippen molar-refractivity contribution in [3.05, 3.63) is 29.0 Å². The first-order valence-corrected chi connectivity index (χ1v) is 7.75. The highest BCUT2D eigenvalue weighted by Gasteiger charge is 2.53. The molecule has 2 aliphatic rings. The third-order valence-electron chi connectivity index (χ3n) is 3.96. The molecule has 6 heteroatoms. The van der Waals surface area contributed by atoms with E-state index in [0.717, 1.165) is 25.2 Å². The van der Waals surface area contributed by atoms with E-state index in [2.05, 4.69) is 5.32 Å². The van der Waals surface area contributed by atoms with E-state index in [1.807, 2.05) is 0 Å². The molecule has 3 nitrogen and oxygen atoms in total. The van der Waals surface area contributed by atoms with Crippen LogP contribution in [-0.4, -0.2) is 26.8 Å². The molecule has 0 bridgehead atoms. The van der Waals surface area contributed by atoms with Gasteiger partial charge in [-0.25, -0.2) is 12.8 Å². The molecule has 1 aromatic rings. The fourth-order valence-corrected chi connectivity index (χ4v) is 5.36. The first-order chi connectivity index (χ1) is 8.43. The van der Waals surface area contributed by atoms with Crippen molar-refractivity contribution in [3.8, 4) is 0 Å². The number of nitrogens with one attached hydrogen (secondary N) is 1. The second-order valence-corrected chi connectivity index (χ2v) is 7.86. The van der Waals surface area contributed by atoms with Crippen LogP contribution in [0.25, 0.3) is 0 Å². The van der Waals surface area contributed by atoms with Crippen molar-refractivity contribution in [1.82, 2.24) is 5.32 Å². The van der Waals surface area contributed by atoms with E-state index in [0.29, 0.717) is 12.8 Å². The average molecular weight is 290 g/mol. The molecule has 18 heavy (non-hydrogen) atoms. The smallest absolute Gasteiger partial charge is 0.182 e. The van der Waals surface area contributed by atoms with Crippen molar-refractivity contribution >= 4 is 21.4 Å². The highest BCUT2D eigenvalue weighted by Crippen LogP contribution is 2.49. The molecule has 1 spiro atoms. The molecule has 1 saturated carbocycles. The summed E-state index contributed by atoms with van der Waals surface area (Å²) in [7, 11) is -3.42. The number of rotatable bonds is 2. The Morgan fingerprint density at radius 1 is 1.33 bits per heavy atom. The van der Waals surface area contributed by atoms with Gasteiger partial charge in [-0.1, -0.05) is 11.6 Å². The van der Waals surface area contributed by atoms with Crippen molar-refractivity contribution in [2.45, 2.75) is 23.0 Å². The number of benzene rings is 1. The predicted octanol–water partition coefficient (Wildman–Crippen LogP) is 2.00. The molecule has 1 aromatic carbocycles. The summed E-state index contributed by atoms with van der Waals surface area (Å²) in [6, 6.07) is 3.45. The standard InChI is InChI=1S/C12H13ClFNO2S/c13-10-3-8(14)1-2-11(10)18(16,17)9-4-12(5-9)6-15-7-12/h1-3,9,15H,4-7H2. The molecule has 1 heterocycles. The summed E-state index contributed by atoms with van der Waals surface area (Å²) in [5.74, 6) is -0.521. The van der Waals surface area contributed by atoms with Crippen LogP contribution in [0.15, 0.2) is 23.1 Å². The third-order valence-corrected chi connectivity index (χ3v) is 6.57. The molecule has 1 aliphatic carbocycles. The normalized spacial score (nSPS) is 22.6. The first-order valence-electron chi connectivity index (χ1n) is 5.83. The van der Waals surface area contributed by atoms with Crippen molar-refractivity contribution in [2.24, 2.45) is 5.41 Å². The maximum atomic E-state index is 12.9. The monoisotopic (exact) mass is 289 g/mol. The number of hydrogen-bond acceptors (Lipinski definition) is 3. The van der Waals surface area contributed by atoms with E-state index in [1.165, 1.54) is 6.07 Å². The van der Waals surface area contributed by atoms with Crippen LogP contribution in [-0.2, 0) is 9.84 Å². The lowest BCUT2D eigenvalue weighted by Gasteiger charge is -2.53. The summed E-state index contributed by atoms with van der Waals surface area (Å²) >= 11 is 5.83. The summed E-state index contributed by atoms with van der Waals surface area (Å²) in [5, 5.41) is 2.77. The molecular weight excluding hydrogens is 277 g/mol. The van der Waals surface area contributed by atoms with Crippen LogP contribution in [0, 0.1) is 11.2 Å². The van der Waals surface area contributed by atoms with Gasteiger partial charge in [-0.2, -0.15) is 0 Å². The third kappa shape index (κ3) is 1.76. The Morgan fingerprint density at radius 3 is 2.50 bits per heavy atom. The lowest BCUT2D eigenvalue weighted by molar-refractivity contribution is 0.0640. The van der Waals surface area contributed by atoms with Crippen LogP contribution in [0.5, 0.6) is 0 Å². The summed E-state index contributed by atoms with van der Waals surface area (Å²) in [4.78, 5) is 0.0534. The van der Waals surface area contributed by atoms with Gasteiger partial charge in [-0.15, -0.1) is 0 Å². The summed E-state index contributed by atoms with van der Waals surface area (Å²) in [6.07, 6.45) is 1.35. The van der Waals surface area contributed by atoms with Crippen LogP contribution >= 0.6 is 11.6 Å². The minimum Gasteiger partial charge on any atom is -0.316 e. The van der Waals surface area contributed by atoms with Gasteiger partial charge in [0.1, 0.15) is 5.82 Å². The van der Waals surface area contributed by atoms with Gasteiger partial charge in [-0.05, 0) is 36.5 Å². The molecule has 98 valence electrons. The molecule has 0 unspecified atom stereocenters. The molecule has 1 saturated heterocycles. The highest BCUT2D eigenvalue weighted by molar-refractivity contribution is 7.92. The van der Waals surface area contributed by atoms with Crippen molar-refractivity contribution in [2.75, 3.05) is 13.1 Å². The number of sulfone groups is 1. The summed E-state index contributed by atoms with van der Waals surface area (Å²) in [5.41, 5.74) is 0.185. The predicted molar refractivity (Wildman–Crippen MR) is 66.9 cm³/mol. The molecule has 1 N–H and O–H groups in total. The molecule has 1 aliphatic heterocycles. The lowest BCUT2D eigenvalue weighted by Crippen LogP contribution is -2.63. The Hall–Kier alpha value is -0.650. The van der Waals surface area contributed by atoms with E-state index in [4.69, 9.17) is 11.6 Å². The van der Waals surface area contributed by atoms with Crippen LogP contribution in [0.2, 0.25) is 5.02 Å². The summed E-state index contributed by atoms with van der Waals surface area (Å²) in [6.45, 7) is 1.80. The van der Waals surface area contributed by atoms with Crippen molar-refractivity contribution in [1.29, 1.82) is 0 Å². The Labute approximate surface area is 110 Å². The average Bonchev–Trinajstić information content (AvgIpc) is 2.11. The maximum absolute atomic E-state index is 12.9. The molecular formula is C12H13ClFNO2S. The topological polar surface area (TPSA) is 46.2 Å². The zero-order chi connectivity index (χ0) is 13.0. The van der Waals surface area contributed by atoms with E-state index >= 15 is 0 Å². The first kappa shape index (κ1) is 12.4. The maximum Gasteiger partial charge on any atom is 0.182 e. The molecule has 0 amide bonds. The van der Waals surface area contributed by atoms with Crippen LogP contribution < -0.4 is 5.32 Å². The van der Waals surface area contributed by atoms with E-state index in [-0.39, 0.29) is 20.6 Å². The van der Waals surface area contributed by atoms with E-state index in [9.17, 15) is 12.8 Å². The van der Waals surface area contributed by atoms with E-state index < -0.39 is 15.7 Å². The van der Waals surface area contributed by atoms with Gasteiger partial charge in [-0.3, -0.25) is 0 Å². The SMILES string of the molecule is O=S(=O)(c1ccc(F)cc1Cl)C1CC2(CNC2)C1. The Bertz CT molecular complexity index is 590. The zero-order valence-corrected chi connectivity index (χ0v) is 11.2. The van der Waals surface area contributed by atoms with Gasteiger partial charge in [0.2, 0.25) is 0 Å². The molecule has 0 atom stereocenters. The van der Waals surface area contributed by atoms with Gasteiger partial charge >= 0.3 is 0 Å². The summed E-state index contributed by atoms with van der Waals surface area (Å²) < 4.78 is 37.6. The minimum atomic E-state index is -3.42. The van der Waals surface area contributed by atoms with Gasteiger partial charge in [0.15, 0.2) is 9.84 Å².